The van der Waals surface area contributed by atoms with Gasteiger partial charge in [0.05, 0.1) is 0 Å². The molecular formula is C20H25Br3N2. The van der Waals surface area contributed by atoms with Crippen LogP contribution in [0.2, 0.25) is 0 Å². The Morgan fingerprint density at radius 1 is 1.16 bits per heavy atom. The highest BCUT2D eigenvalue weighted by Gasteiger charge is 2.39. The smallest absolute Gasteiger partial charge is 0.0371 e. The van der Waals surface area contributed by atoms with Crippen molar-refractivity contribution in [3.05, 3.63) is 54.9 Å². The van der Waals surface area contributed by atoms with Crippen LogP contribution in [0.25, 0.3) is 0 Å². The maximum absolute atomic E-state index is 3.76. The van der Waals surface area contributed by atoms with Crippen molar-refractivity contribution in [2.24, 2.45) is 0 Å². The highest BCUT2D eigenvalue weighted by Crippen LogP contribution is 2.42. The summed E-state index contributed by atoms with van der Waals surface area (Å²) in [5.74, 6) is 0. The van der Waals surface area contributed by atoms with Crippen LogP contribution < -0.4 is 5.32 Å². The number of nitrogens with zero attached hydrogens (tertiary/aromatic N) is 1. The van der Waals surface area contributed by atoms with E-state index in [-0.39, 0.29) is 0 Å². The Morgan fingerprint density at radius 3 is 2.60 bits per heavy atom. The largest absolute Gasteiger partial charge is 0.315 e. The molecule has 0 saturated carbocycles. The summed E-state index contributed by atoms with van der Waals surface area (Å²) >= 11 is 11.0. The summed E-state index contributed by atoms with van der Waals surface area (Å²) in [6.07, 6.45) is 9.21. The topological polar surface area (TPSA) is 15.3 Å². The van der Waals surface area contributed by atoms with Crippen LogP contribution in [0.15, 0.2) is 49.4 Å². The van der Waals surface area contributed by atoms with Gasteiger partial charge in [-0.1, -0.05) is 66.9 Å². The van der Waals surface area contributed by atoms with E-state index in [0.29, 0.717) is 12.1 Å². The summed E-state index contributed by atoms with van der Waals surface area (Å²) in [6, 6.07) is 7.76. The fraction of sp³-hybridized carbons (Fsp3) is 0.500. The van der Waals surface area contributed by atoms with Gasteiger partial charge in [-0.15, -0.1) is 0 Å². The van der Waals surface area contributed by atoms with Gasteiger partial charge in [0, 0.05) is 38.6 Å². The summed E-state index contributed by atoms with van der Waals surface area (Å²) in [5, 5.41) is 3.61. The summed E-state index contributed by atoms with van der Waals surface area (Å²) in [5.41, 5.74) is 2.93. The molecule has 1 aliphatic heterocycles. The predicted octanol–water partition coefficient (Wildman–Crippen LogP) is 6.33. The second kappa shape index (κ2) is 9.32. The third kappa shape index (κ3) is 5.07. The standard InChI is InChI=1S/C20H25Br3N2/c1-2-7-24-12-18-11-20(15-8-16(21)10-17(22)9-15)25(18)13-14-5-3-4-6-19(14)23/h4,6,8-10,18,20,24H,2-3,5,7,11-13H2,1H3. The Bertz CT molecular complexity index is 649. The first-order valence-corrected chi connectivity index (χ1v) is 11.4. The molecule has 1 saturated heterocycles. The Balaban J connectivity index is 1.76. The minimum atomic E-state index is 0.501. The lowest BCUT2D eigenvalue weighted by Gasteiger charge is -2.50. The Morgan fingerprint density at radius 2 is 1.92 bits per heavy atom. The second-order valence-corrected chi connectivity index (χ2v) is 9.56. The minimum Gasteiger partial charge on any atom is -0.315 e. The molecule has 1 aromatic rings. The molecule has 1 N–H and O–H groups in total. The average Bonchev–Trinajstić information content (AvgIpc) is 2.55. The van der Waals surface area contributed by atoms with Crippen LogP contribution in [-0.4, -0.2) is 30.6 Å². The van der Waals surface area contributed by atoms with Crippen molar-refractivity contribution in [2.75, 3.05) is 19.6 Å². The monoisotopic (exact) mass is 530 g/mol. The molecular weight excluding hydrogens is 508 g/mol. The molecule has 1 fully saturated rings. The zero-order valence-corrected chi connectivity index (χ0v) is 19.3. The normalized spacial score (nSPS) is 23.8. The highest BCUT2D eigenvalue weighted by atomic mass is 79.9. The van der Waals surface area contributed by atoms with Gasteiger partial charge >= 0.3 is 0 Å². The molecule has 2 unspecified atom stereocenters. The molecule has 2 atom stereocenters. The van der Waals surface area contributed by atoms with Crippen LogP contribution in [0.3, 0.4) is 0 Å². The van der Waals surface area contributed by atoms with Gasteiger partial charge in [0.2, 0.25) is 0 Å². The van der Waals surface area contributed by atoms with Gasteiger partial charge in [0.1, 0.15) is 0 Å². The van der Waals surface area contributed by atoms with E-state index < -0.39 is 0 Å². The number of benzene rings is 1. The summed E-state index contributed by atoms with van der Waals surface area (Å²) in [4.78, 5) is 2.67. The van der Waals surface area contributed by atoms with E-state index in [1.54, 1.807) is 0 Å². The molecule has 2 nitrogen and oxygen atoms in total. The van der Waals surface area contributed by atoms with Gasteiger partial charge in [0.25, 0.3) is 0 Å². The molecule has 0 bridgehead atoms. The lowest BCUT2D eigenvalue weighted by Crippen LogP contribution is -2.55. The van der Waals surface area contributed by atoms with E-state index in [1.165, 1.54) is 28.5 Å². The molecule has 3 rings (SSSR count). The summed E-state index contributed by atoms with van der Waals surface area (Å²) in [7, 11) is 0. The summed E-state index contributed by atoms with van der Waals surface area (Å²) < 4.78 is 3.57. The molecule has 1 aliphatic carbocycles. The maximum atomic E-state index is 3.76. The van der Waals surface area contributed by atoms with Crippen molar-refractivity contribution in [1.82, 2.24) is 10.2 Å². The fourth-order valence-corrected chi connectivity index (χ4v) is 5.52. The van der Waals surface area contributed by atoms with Crippen LogP contribution >= 0.6 is 47.8 Å². The first-order chi connectivity index (χ1) is 12.1. The van der Waals surface area contributed by atoms with Crippen LogP contribution in [0.1, 0.15) is 44.2 Å². The van der Waals surface area contributed by atoms with Gasteiger partial charge in [-0.3, -0.25) is 4.90 Å². The molecule has 2 aliphatic rings. The quantitative estimate of drug-likeness (QED) is 0.413. The van der Waals surface area contributed by atoms with Gasteiger partial charge in [-0.05, 0) is 61.6 Å². The van der Waals surface area contributed by atoms with Crippen molar-refractivity contribution in [1.29, 1.82) is 0 Å². The lowest BCUT2D eigenvalue weighted by molar-refractivity contribution is 0.0231. The van der Waals surface area contributed by atoms with Crippen LogP contribution in [0, 0.1) is 0 Å². The molecule has 136 valence electrons. The SMILES string of the molecule is CCCNCC1CC(c2cc(Br)cc(Br)c2)N1CC1=C(Br)C=CCC1. The maximum Gasteiger partial charge on any atom is 0.0371 e. The average molecular weight is 533 g/mol. The van der Waals surface area contributed by atoms with Crippen LogP contribution in [0.4, 0.5) is 0 Å². The first-order valence-electron chi connectivity index (χ1n) is 9.05. The number of hydrogen-bond acceptors (Lipinski definition) is 2. The number of likely N-dealkylation sites (tertiary alicyclic amines) is 1. The van der Waals surface area contributed by atoms with E-state index >= 15 is 0 Å². The number of nitrogens with one attached hydrogen (secondary N) is 1. The zero-order chi connectivity index (χ0) is 17.8. The van der Waals surface area contributed by atoms with Crippen molar-refractivity contribution < 1.29 is 0 Å². The van der Waals surface area contributed by atoms with Crippen molar-refractivity contribution >= 4 is 47.8 Å². The van der Waals surface area contributed by atoms with Crippen molar-refractivity contribution in [3.63, 3.8) is 0 Å². The van der Waals surface area contributed by atoms with Crippen LogP contribution in [-0.2, 0) is 0 Å². The lowest BCUT2D eigenvalue weighted by atomic mass is 9.86. The van der Waals surface area contributed by atoms with Crippen molar-refractivity contribution in [3.8, 4) is 0 Å². The molecule has 25 heavy (non-hydrogen) atoms. The minimum absolute atomic E-state index is 0.501. The van der Waals surface area contributed by atoms with Gasteiger partial charge < -0.3 is 5.32 Å². The molecule has 0 amide bonds. The fourth-order valence-electron chi connectivity index (χ4n) is 3.68. The highest BCUT2D eigenvalue weighted by molar-refractivity contribution is 9.12. The third-order valence-corrected chi connectivity index (χ3v) is 6.77. The van der Waals surface area contributed by atoms with Crippen LogP contribution in [0.5, 0.6) is 0 Å². The Labute approximate surface area is 176 Å². The van der Waals surface area contributed by atoms with E-state index in [1.807, 2.05) is 0 Å². The van der Waals surface area contributed by atoms with Gasteiger partial charge in [-0.2, -0.15) is 0 Å². The van der Waals surface area contributed by atoms with E-state index in [4.69, 9.17) is 0 Å². The molecule has 0 spiro atoms. The summed E-state index contributed by atoms with van der Waals surface area (Å²) in [6.45, 7) is 5.47. The number of halogens is 3. The third-order valence-electron chi connectivity index (χ3n) is 5.03. The second-order valence-electron chi connectivity index (χ2n) is 6.88. The predicted molar refractivity (Wildman–Crippen MR) is 117 cm³/mol. The molecule has 0 radical (unpaired) electrons. The molecule has 5 heteroatoms. The molecule has 0 aromatic heterocycles. The van der Waals surface area contributed by atoms with Crippen molar-refractivity contribution in [2.45, 2.75) is 44.7 Å². The zero-order valence-electron chi connectivity index (χ0n) is 14.6. The van der Waals surface area contributed by atoms with E-state index in [2.05, 4.69) is 95.3 Å². The van der Waals surface area contributed by atoms with Gasteiger partial charge in [-0.25, -0.2) is 0 Å². The Hall–Kier alpha value is 0.0600. The van der Waals surface area contributed by atoms with E-state index in [0.717, 1.165) is 41.4 Å². The molecule has 1 aromatic carbocycles. The Kier molecular flexibility index (Phi) is 7.38. The number of allylic oxidation sites excluding steroid dienone is 3. The van der Waals surface area contributed by atoms with Gasteiger partial charge in [0.15, 0.2) is 0 Å². The number of rotatable bonds is 7. The molecule has 1 heterocycles. The van der Waals surface area contributed by atoms with E-state index in [9.17, 15) is 0 Å². The number of hydrogen-bond donors (Lipinski definition) is 1. The first kappa shape index (κ1) is 19.8.